The van der Waals surface area contributed by atoms with Gasteiger partial charge in [-0.2, -0.15) is 0 Å². The summed E-state index contributed by atoms with van der Waals surface area (Å²) < 4.78 is 0. The third kappa shape index (κ3) is 1.51. The number of hydrogen-bond donors (Lipinski definition) is 1. The average molecular weight is 334 g/mol. The quantitative estimate of drug-likeness (QED) is 0.360. The van der Waals surface area contributed by atoms with Crippen molar-refractivity contribution in [2.75, 3.05) is 0 Å². The molecule has 124 valence electrons. The number of aromatic amines is 1. The molecule has 26 heavy (non-hydrogen) atoms. The van der Waals surface area contributed by atoms with Crippen LogP contribution in [0.3, 0.4) is 0 Å². The van der Waals surface area contributed by atoms with Crippen LogP contribution in [0, 0.1) is 0 Å². The smallest absolute Gasteiger partial charge is 0.0519 e. The summed E-state index contributed by atoms with van der Waals surface area (Å²) in [6.45, 7) is 4.66. The summed E-state index contributed by atoms with van der Waals surface area (Å²) in [7, 11) is 0. The lowest BCUT2D eigenvalue weighted by molar-refractivity contribution is 0.664. The summed E-state index contributed by atoms with van der Waals surface area (Å²) in [5.74, 6) is 0. The molecular weight excluding hydrogens is 316 g/mol. The van der Waals surface area contributed by atoms with E-state index in [4.69, 9.17) is 0 Å². The summed E-state index contributed by atoms with van der Waals surface area (Å²) >= 11 is 0. The fraction of sp³-hybridized carbons (Fsp3) is 0.125. The molecule has 0 spiro atoms. The minimum atomic E-state index is -0.0588. The Bertz CT molecular complexity index is 1360. The number of rotatable bonds is 0. The number of H-pyrrole nitrogens is 1. The van der Waals surface area contributed by atoms with Crippen LogP contribution in [0.25, 0.3) is 43.7 Å². The largest absolute Gasteiger partial charge is 0.354 e. The van der Waals surface area contributed by atoms with Crippen LogP contribution >= 0.6 is 0 Å². The van der Waals surface area contributed by atoms with Gasteiger partial charge in [0.1, 0.15) is 0 Å². The van der Waals surface area contributed by atoms with Crippen molar-refractivity contribution in [2.45, 2.75) is 19.3 Å². The van der Waals surface area contributed by atoms with Gasteiger partial charge in [-0.25, -0.2) is 0 Å². The van der Waals surface area contributed by atoms with Gasteiger partial charge in [0.25, 0.3) is 0 Å². The maximum atomic E-state index is 4.44. The molecule has 1 aliphatic carbocycles. The Kier molecular flexibility index (Phi) is 2.45. The minimum Gasteiger partial charge on any atom is -0.354 e. The van der Waals surface area contributed by atoms with E-state index in [1.54, 1.807) is 0 Å². The summed E-state index contributed by atoms with van der Waals surface area (Å²) in [5.41, 5.74) is 7.77. The summed E-state index contributed by atoms with van der Waals surface area (Å²) in [4.78, 5) is 8.18. The highest BCUT2D eigenvalue weighted by atomic mass is 14.7. The number of fused-ring (bicyclic) bond motifs is 10. The van der Waals surface area contributed by atoms with Crippen LogP contribution in [-0.4, -0.2) is 9.97 Å². The summed E-state index contributed by atoms with van der Waals surface area (Å²) in [6.07, 6.45) is 3.95. The highest BCUT2D eigenvalue weighted by Gasteiger charge is 2.39. The molecule has 2 heterocycles. The molecule has 0 fully saturated rings. The lowest BCUT2D eigenvalue weighted by atomic mass is 9.81. The first-order chi connectivity index (χ1) is 12.7. The van der Waals surface area contributed by atoms with E-state index >= 15 is 0 Å². The molecule has 0 atom stereocenters. The standard InChI is InChI=1S/C24H18N2/c1-24(2)18-11-12-25-13-17(18)20-14-7-3-4-8-15(14)21-16-9-5-6-10-19(16)26-23(21)22(20)24/h3-13,26H,1-2H3. The minimum absolute atomic E-state index is 0.0588. The second-order valence-electron chi connectivity index (χ2n) is 7.76. The van der Waals surface area contributed by atoms with E-state index in [-0.39, 0.29) is 5.41 Å². The van der Waals surface area contributed by atoms with Crippen LogP contribution < -0.4 is 0 Å². The molecule has 2 heteroatoms. The highest BCUT2D eigenvalue weighted by Crippen LogP contribution is 2.54. The van der Waals surface area contributed by atoms with E-state index in [1.165, 1.54) is 54.8 Å². The molecule has 0 aliphatic heterocycles. The molecule has 0 radical (unpaired) electrons. The van der Waals surface area contributed by atoms with E-state index in [0.29, 0.717) is 0 Å². The first-order valence-corrected chi connectivity index (χ1v) is 9.08. The first-order valence-electron chi connectivity index (χ1n) is 9.08. The Hall–Kier alpha value is -3.13. The number of aromatic nitrogens is 2. The van der Waals surface area contributed by atoms with E-state index in [1.807, 2.05) is 12.4 Å². The normalized spacial score (nSPS) is 14.8. The van der Waals surface area contributed by atoms with Crippen LogP contribution in [0.15, 0.2) is 67.0 Å². The zero-order valence-corrected chi connectivity index (χ0v) is 14.8. The van der Waals surface area contributed by atoms with Crippen molar-refractivity contribution in [1.29, 1.82) is 0 Å². The van der Waals surface area contributed by atoms with Crippen molar-refractivity contribution in [3.8, 4) is 11.1 Å². The third-order valence-electron chi connectivity index (χ3n) is 6.06. The van der Waals surface area contributed by atoms with Gasteiger partial charge in [0.15, 0.2) is 0 Å². The average Bonchev–Trinajstić information content (AvgIpc) is 3.16. The van der Waals surface area contributed by atoms with Gasteiger partial charge < -0.3 is 4.98 Å². The van der Waals surface area contributed by atoms with E-state index < -0.39 is 0 Å². The Morgan fingerprint density at radius 2 is 1.58 bits per heavy atom. The van der Waals surface area contributed by atoms with Crippen LogP contribution in [0.1, 0.15) is 25.0 Å². The number of nitrogens with one attached hydrogen (secondary N) is 1. The van der Waals surface area contributed by atoms with Crippen LogP contribution in [-0.2, 0) is 5.41 Å². The number of hydrogen-bond acceptors (Lipinski definition) is 1. The molecule has 0 unspecified atom stereocenters. The Labute approximate surface area is 151 Å². The zero-order chi connectivity index (χ0) is 17.5. The molecule has 5 aromatic rings. The van der Waals surface area contributed by atoms with Gasteiger partial charge in [-0.1, -0.05) is 56.3 Å². The highest BCUT2D eigenvalue weighted by molar-refractivity contribution is 6.25. The van der Waals surface area contributed by atoms with Crippen LogP contribution in [0.2, 0.25) is 0 Å². The van der Waals surface area contributed by atoms with Gasteiger partial charge in [-0.3, -0.25) is 4.98 Å². The number of benzene rings is 3. The fourth-order valence-corrected chi connectivity index (χ4v) is 4.97. The van der Waals surface area contributed by atoms with Crippen LogP contribution in [0.5, 0.6) is 0 Å². The summed E-state index contributed by atoms with van der Waals surface area (Å²) in [6, 6.07) is 19.6. The van der Waals surface area contributed by atoms with Gasteiger partial charge in [0.05, 0.1) is 5.52 Å². The molecule has 2 nitrogen and oxygen atoms in total. The second kappa shape index (κ2) is 4.53. The second-order valence-corrected chi connectivity index (χ2v) is 7.76. The van der Waals surface area contributed by atoms with Crippen molar-refractivity contribution in [3.63, 3.8) is 0 Å². The van der Waals surface area contributed by atoms with Crippen molar-refractivity contribution < 1.29 is 0 Å². The first kappa shape index (κ1) is 14.1. The van der Waals surface area contributed by atoms with Crippen molar-refractivity contribution in [2.24, 2.45) is 0 Å². The SMILES string of the molecule is CC1(C)c2ccncc2-c2c1c1[nH]c3ccccc3c1c1ccccc21. The summed E-state index contributed by atoms with van der Waals surface area (Å²) in [5, 5.41) is 5.26. The molecule has 0 amide bonds. The molecular formula is C24H18N2. The third-order valence-corrected chi connectivity index (χ3v) is 6.06. The molecule has 0 saturated carbocycles. The molecule has 1 N–H and O–H groups in total. The van der Waals surface area contributed by atoms with Gasteiger partial charge >= 0.3 is 0 Å². The Balaban J connectivity index is 1.98. The Morgan fingerprint density at radius 3 is 2.42 bits per heavy atom. The monoisotopic (exact) mass is 334 g/mol. The van der Waals surface area contributed by atoms with Crippen molar-refractivity contribution in [3.05, 3.63) is 78.1 Å². The molecule has 1 aliphatic rings. The van der Waals surface area contributed by atoms with Gasteiger partial charge in [-0.15, -0.1) is 0 Å². The molecule has 6 rings (SSSR count). The fourth-order valence-electron chi connectivity index (χ4n) is 4.97. The molecule has 3 aromatic carbocycles. The molecule has 0 saturated heterocycles. The maximum absolute atomic E-state index is 4.44. The molecule has 2 aromatic heterocycles. The van der Waals surface area contributed by atoms with Crippen molar-refractivity contribution in [1.82, 2.24) is 9.97 Å². The lowest BCUT2D eigenvalue weighted by Crippen LogP contribution is -2.15. The van der Waals surface area contributed by atoms with Gasteiger partial charge in [0.2, 0.25) is 0 Å². The zero-order valence-electron chi connectivity index (χ0n) is 14.8. The Morgan fingerprint density at radius 1 is 0.846 bits per heavy atom. The van der Waals surface area contributed by atoms with E-state index in [0.717, 1.165) is 0 Å². The van der Waals surface area contributed by atoms with Crippen LogP contribution in [0.4, 0.5) is 0 Å². The number of nitrogens with zero attached hydrogens (tertiary/aromatic N) is 1. The predicted octanol–water partition coefficient (Wildman–Crippen LogP) is 6.18. The molecule has 0 bridgehead atoms. The van der Waals surface area contributed by atoms with Crippen molar-refractivity contribution >= 4 is 32.6 Å². The topological polar surface area (TPSA) is 28.7 Å². The maximum Gasteiger partial charge on any atom is 0.0519 e. The number of pyridine rings is 1. The van der Waals surface area contributed by atoms with E-state index in [2.05, 4.69) is 78.4 Å². The lowest BCUT2D eigenvalue weighted by Gasteiger charge is -2.22. The van der Waals surface area contributed by atoms with Gasteiger partial charge in [-0.05, 0) is 39.6 Å². The number of para-hydroxylation sites is 1. The predicted molar refractivity (Wildman–Crippen MR) is 109 cm³/mol. The van der Waals surface area contributed by atoms with E-state index in [9.17, 15) is 0 Å². The van der Waals surface area contributed by atoms with Gasteiger partial charge in [0, 0.05) is 39.7 Å².